The van der Waals surface area contributed by atoms with E-state index in [9.17, 15) is 9.59 Å². The molecule has 0 aromatic heterocycles. The van der Waals surface area contributed by atoms with Gasteiger partial charge in [0.2, 0.25) is 5.91 Å². The van der Waals surface area contributed by atoms with Crippen LogP contribution in [-0.2, 0) is 9.59 Å². The van der Waals surface area contributed by atoms with Gasteiger partial charge >= 0.3 is 0 Å². The van der Waals surface area contributed by atoms with Gasteiger partial charge < -0.3 is 5.32 Å². The fraction of sp³-hybridized carbons (Fsp3) is 0.471. The molecule has 1 aliphatic rings. The van der Waals surface area contributed by atoms with Crippen LogP contribution in [0.25, 0.3) is 0 Å². The predicted molar refractivity (Wildman–Crippen MR) is 87.9 cm³/mol. The van der Waals surface area contributed by atoms with E-state index >= 15 is 0 Å². The lowest BCUT2D eigenvalue weighted by Crippen LogP contribution is -2.40. The first kappa shape index (κ1) is 16.2. The average Bonchev–Trinajstić information content (AvgIpc) is 2.48. The van der Waals surface area contributed by atoms with Crippen molar-refractivity contribution in [2.24, 2.45) is 11.0 Å². The third-order valence-corrected chi connectivity index (χ3v) is 3.56. The lowest BCUT2D eigenvalue weighted by atomic mass is 10.1. The van der Waals surface area contributed by atoms with Crippen LogP contribution in [0.3, 0.4) is 0 Å². The first-order chi connectivity index (χ1) is 10.4. The maximum absolute atomic E-state index is 12.2. The minimum absolute atomic E-state index is 0.0749. The summed E-state index contributed by atoms with van der Waals surface area (Å²) in [6.45, 7) is 8.58. The normalized spacial score (nSPS) is 15.0. The predicted octanol–water partition coefficient (Wildman–Crippen LogP) is 2.56. The molecule has 118 valence electrons. The molecule has 0 unspecified atom stereocenters. The molecular formula is C17H23N3O2. The number of nitrogens with zero attached hydrogens (tertiary/aromatic N) is 2. The van der Waals surface area contributed by atoms with E-state index in [1.165, 1.54) is 5.01 Å². The minimum Gasteiger partial charge on any atom is -0.351 e. The smallest absolute Gasteiger partial charge is 0.267 e. The molecule has 2 rings (SSSR count). The summed E-state index contributed by atoms with van der Waals surface area (Å²) < 4.78 is 0. The average molecular weight is 301 g/mol. The Balaban J connectivity index is 2.26. The molecule has 1 aromatic rings. The maximum atomic E-state index is 12.2. The molecule has 0 aliphatic carbocycles. The molecule has 0 bridgehead atoms. The second kappa shape index (κ2) is 6.73. The summed E-state index contributed by atoms with van der Waals surface area (Å²) in [7, 11) is 0. The highest BCUT2D eigenvalue weighted by Gasteiger charge is 2.26. The van der Waals surface area contributed by atoms with Crippen molar-refractivity contribution in [3.8, 4) is 0 Å². The number of hydrogen-bond acceptors (Lipinski definition) is 3. The molecule has 0 atom stereocenters. The lowest BCUT2D eigenvalue weighted by molar-refractivity contribution is -0.119. The largest absolute Gasteiger partial charge is 0.351 e. The fourth-order valence-corrected chi connectivity index (χ4v) is 2.25. The van der Waals surface area contributed by atoms with Crippen LogP contribution in [0.5, 0.6) is 0 Å². The van der Waals surface area contributed by atoms with Gasteiger partial charge in [-0.15, -0.1) is 0 Å². The molecule has 0 saturated heterocycles. The summed E-state index contributed by atoms with van der Waals surface area (Å²) in [6, 6.07) is 5.87. The number of carbonyl (C=O) groups is 2. The van der Waals surface area contributed by atoms with Crippen LogP contribution in [0.2, 0.25) is 0 Å². The van der Waals surface area contributed by atoms with Crippen LogP contribution in [0.4, 0.5) is 5.69 Å². The number of hydrazone groups is 1. The van der Waals surface area contributed by atoms with E-state index in [4.69, 9.17) is 0 Å². The quantitative estimate of drug-likeness (QED) is 0.929. The van der Waals surface area contributed by atoms with Crippen molar-refractivity contribution >= 4 is 23.2 Å². The van der Waals surface area contributed by atoms with Crippen LogP contribution >= 0.6 is 0 Å². The van der Waals surface area contributed by atoms with Gasteiger partial charge in [-0.1, -0.05) is 26.0 Å². The molecule has 2 amide bonds. The number of amides is 2. The molecule has 1 aromatic carbocycles. The van der Waals surface area contributed by atoms with E-state index in [2.05, 4.69) is 10.4 Å². The van der Waals surface area contributed by atoms with Gasteiger partial charge in [-0.25, -0.2) is 5.01 Å². The molecule has 0 spiro atoms. The summed E-state index contributed by atoms with van der Waals surface area (Å²) in [5, 5.41) is 8.53. The zero-order valence-corrected chi connectivity index (χ0v) is 13.6. The van der Waals surface area contributed by atoms with Gasteiger partial charge in [0.05, 0.1) is 5.69 Å². The van der Waals surface area contributed by atoms with E-state index in [0.29, 0.717) is 31.0 Å². The molecule has 22 heavy (non-hydrogen) atoms. The second-order valence-corrected chi connectivity index (χ2v) is 6.15. The van der Waals surface area contributed by atoms with Gasteiger partial charge in [0, 0.05) is 19.4 Å². The Kier molecular flexibility index (Phi) is 4.96. The third-order valence-electron chi connectivity index (χ3n) is 3.56. The zero-order valence-electron chi connectivity index (χ0n) is 13.6. The summed E-state index contributed by atoms with van der Waals surface area (Å²) in [6.07, 6.45) is 0.700. The van der Waals surface area contributed by atoms with E-state index in [1.807, 2.05) is 45.9 Å². The molecule has 0 radical (unpaired) electrons. The molecule has 0 fully saturated rings. The molecule has 1 N–H and O–H groups in total. The molecule has 5 heteroatoms. The molecule has 0 saturated carbocycles. The number of rotatable bonds is 4. The standard InChI is InChI=1S/C17H23N3O2/c1-11(2)10-18-17(22)14-7-8-16(21)20(19-14)15-9-12(3)5-6-13(15)4/h5-6,9,11H,7-8,10H2,1-4H3,(H,18,22). The van der Waals surface area contributed by atoms with Gasteiger partial charge in [-0.05, 0) is 37.0 Å². The van der Waals surface area contributed by atoms with Crippen molar-refractivity contribution in [2.75, 3.05) is 11.6 Å². The van der Waals surface area contributed by atoms with Crippen LogP contribution < -0.4 is 10.3 Å². The molecular weight excluding hydrogens is 278 g/mol. The zero-order chi connectivity index (χ0) is 16.3. The van der Waals surface area contributed by atoms with Crippen molar-refractivity contribution in [1.29, 1.82) is 0 Å². The fourth-order valence-electron chi connectivity index (χ4n) is 2.25. The Hall–Kier alpha value is -2.17. The Bertz CT molecular complexity index is 620. The lowest BCUT2D eigenvalue weighted by Gasteiger charge is -2.25. The van der Waals surface area contributed by atoms with Crippen molar-refractivity contribution < 1.29 is 9.59 Å². The number of aryl methyl sites for hydroxylation is 2. The number of benzene rings is 1. The highest BCUT2D eigenvalue weighted by molar-refractivity contribution is 6.40. The van der Waals surface area contributed by atoms with Crippen LogP contribution in [0.15, 0.2) is 23.3 Å². The number of carbonyl (C=O) groups excluding carboxylic acids is 2. The van der Waals surface area contributed by atoms with Gasteiger partial charge in [-0.2, -0.15) is 5.10 Å². The highest BCUT2D eigenvalue weighted by Crippen LogP contribution is 2.25. The van der Waals surface area contributed by atoms with E-state index in [0.717, 1.165) is 16.8 Å². The van der Waals surface area contributed by atoms with Crippen LogP contribution in [0, 0.1) is 19.8 Å². The maximum Gasteiger partial charge on any atom is 0.267 e. The summed E-state index contributed by atoms with van der Waals surface area (Å²) in [4.78, 5) is 24.3. The van der Waals surface area contributed by atoms with Crippen LogP contribution in [-0.4, -0.2) is 24.1 Å². The monoisotopic (exact) mass is 301 g/mol. The van der Waals surface area contributed by atoms with E-state index < -0.39 is 0 Å². The van der Waals surface area contributed by atoms with E-state index in [-0.39, 0.29) is 11.8 Å². The topological polar surface area (TPSA) is 61.8 Å². The first-order valence-corrected chi connectivity index (χ1v) is 7.64. The number of hydrogen-bond donors (Lipinski definition) is 1. The van der Waals surface area contributed by atoms with Crippen LogP contribution in [0.1, 0.15) is 37.8 Å². The van der Waals surface area contributed by atoms with Gasteiger partial charge in [0.1, 0.15) is 5.71 Å². The SMILES string of the molecule is Cc1ccc(C)c(N2N=C(C(=O)NCC(C)C)CCC2=O)c1. The summed E-state index contributed by atoms with van der Waals surface area (Å²) in [5.41, 5.74) is 3.19. The highest BCUT2D eigenvalue weighted by atomic mass is 16.2. The van der Waals surface area contributed by atoms with E-state index in [1.54, 1.807) is 0 Å². The Labute approximate surface area is 131 Å². The molecule has 1 heterocycles. The van der Waals surface area contributed by atoms with Gasteiger partial charge in [-0.3, -0.25) is 9.59 Å². The Morgan fingerprint density at radius 1 is 1.32 bits per heavy atom. The van der Waals surface area contributed by atoms with Crippen molar-refractivity contribution in [2.45, 2.75) is 40.5 Å². The Morgan fingerprint density at radius 3 is 2.73 bits per heavy atom. The number of anilines is 1. The second-order valence-electron chi connectivity index (χ2n) is 6.15. The van der Waals surface area contributed by atoms with Gasteiger partial charge in [0.15, 0.2) is 0 Å². The number of nitrogens with one attached hydrogen (secondary N) is 1. The van der Waals surface area contributed by atoms with Crippen molar-refractivity contribution in [3.63, 3.8) is 0 Å². The Morgan fingerprint density at radius 2 is 2.05 bits per heavy atom. The van der Waals surface area contributed by atoms with Crippen molar-refractivity contribution in [3.05, 3.63) is 29.3 Å². The van der Waals surface area contributed by atoms with Gasteiger partial charge in [0.25, 0.3) is 5.91 Å². The first-order valence-electron chi connectivity index (χ1n) is 7.64. The summed E-state index contributed by atoms with van der Waals surface area (Å²) >= 11 is 0. The molecule has 5 nitrogen and oxygen atoms in total. The summed E-state index contributed by atoms with van der Waals surface area (Å²) in [5.74, 6) is 0.121. The third kappa shape index (κ3) is 3.72. The van der Waals surface area contributed by atoms with Crippen molar-refractivity contribution in [1.82, 2.24) is 5.32 Å². The minimum atomic E-state index is -0.184. The molecule has 1 aliphatic heterocycles.